The lowest BCUT2D eigenvalue weighted by Gasteiger charge is -1.97. The topological polar surface area (TPSA) is 47.5 Å². The quantitative estimate of drug-likeness (QED) is 0.605. The monoisotopic (exact) mass is 234 g/mol. The Morgan fingerprint density at radius 2 is 2.29 bits per heavy atom. The van der Waals surface area contributed by atoms with Crippen LogP contribution in [0.1, 0.15) is 18.9 Å². The summed E-state index contributed by atoms with van der Waals surface area (Å²) in [6.07, 6.45) is 4.89. The van der Waals surface area contributed by atoms with E-state index >= 15 is 0 Å². The molecule has 17 heavy (non-hydrogen) atoms. The number of hydrogen-bond acceptors (Lipinski definition) is 2. The Hall–Kier alpha value is -2.17. The zero-order valence-corrected chi connectivity index (χ0v) is 9.26. The Morgan fingerprint density at radius 1 is 1.53 bits per heavy atom. The number of halogens is 1. The van der Waals surface area contributed by atoms with E-state index < -0.39 is 4.92 Å². The molecule has 0 aromatic carbocycles. The number of fused-ring (bicyclic) bond motifs is 1. The van der Waals surface area contributed by atoms with E-state index in [4.69, 9.17) is 0 Å². The van der Waals surface area contributed by atoms with Crippen LogP contribution in [0.5, 0.6) is 0 Å². The average Bonchev–Trinajstić information content (AvgIpc) is 2.67. The number of rotatable bonds is 3. The van der Waals surface area contributed by atoms with Crippen LogP contribution in [0.2, 0.25) is 0 Å². The molecule has 0 unspecified atom stereocenters. The molecule has 0 aliphatic heterocycles. The van der Waals surface area contributed by atoms with Crippen molar-refractivity contribution in [3.63, 3.8) is 0 Å². The molecule has 0 N–H and O–H groups in total. The molecule has 0 spiro atoms. The fraction of sp³-hybridized carbons (Fsp3) is 0.167. The number of pyridine rings is 1. The SMILES string of the molecule is CCC(=Cc1ccn2cc(F)ccc12)[N+](=O)[O-]. The maximum atomic E-state index is 13.0. The molecule has 0 aliphatic carbocycles. The summed E-state index contributed by atoms with van der Waals surface area (Å²) in [4.78, 5) is 10.3. The van der Waals surface area contributed by atoms with Crippen molar-refractivity contribution < 1.29 is 9.31 Å². The van der Waals surface area contributed by atoms with Gasteiger partial charge in [0, 0.05) is 30.5 Å². The predicted molar refractivity (Wildman–Crippen MR) is 62.6 cm³/mol. The van der Waals surface area contributed by atoms with Crippen LogP contribution in [0.3, 0.4) is 0 Å². The van der Waals surface area contributed by atoms with Crippen LogP contribution < -0.4 is 0 Å². The maximum Gasteiger partial charge on any atom is 0.246 e. The molecule has 88 valence electrons. The number of nitro groups is 1. The number of hydrogen-bond donors (Lipinski definition) is 0. The van der Waals surface area contributed by atoms with Gasteiger partial charge in [0.2, 0.25) is 5.70 Å². The fourth-order valence-electron chi connectivity index (χ4n) is 1.69. The van der Waals surface area contributed by atoms with Gasteiger partial charge in [-0.2, -0.15) is 0 Å². The van der Waals surface area contributed by atoms with Gasteiger partial charge in [0.25, 0.3) is 0 Å². The molecule has 4 nitrogen and oxygen atoms in total. The van der Waals surface area contributed by atoms with E-state index in [1.807, 2.05) is 0 Å². The highest BCUT2D eigenvalue weighted by Gasteiger charge is 2.09. The average molecular weight is 234 g/mol. The molecule has 2 aromatic heterocycles. The van der Waals surface area contributed by atoms with E-state index in [1.54, 1.807) is 29.7 Å². The van der Waals surface area contributed by atoms with E-state index in [9.17, 15) is 14.5 Å². The van der Waals surface area contributed by atoms with Crippen LogP contribution in [-0.4, -0.2) is 9.32 Å². The van der Waals surface area contributed by atoms with Crippen LogP contribution in [0, 0.1) is 15.9 Å². The minimum absolute atomic E-state index is 0.141. The van der Waals surface area contributed by atoms with Gasteiger partial charge in [0.1, 0.15) is 5.82 Å². The number of nitrogens with zero attached hydrogens (tertiary/aromatic N) is 2. The molecule has 0 saturated heterocycles. The summed E-state index contributed by atoms with van der Waals surface area (Å²) in [5, 5.41) is 10.7. The Morgan fingerprint density at radius 3 is 2.94 bits per heavy atom. The molecular formula is C12H11FN2O2. The smallest absolute Gasteiger partial charge is 0.246 e. The molecule has 0 fully saturated rings. The summed E-state index contributed by atoms with van der Waals surface area (Å²) in [5.74, 6) is -0.339. The first-order chi connectivity index (χ1) is 8.11. The summed E-state index contributed by atoms with van der Waals surface area (Å²) < 4.78 is 14.6. The highest BCUT2D eigenvalue weighted by atomic mass is 19.1. The summed E-state index contributed by atoms with van der Waals surface area (Å²) in [7, 11) is 0. The van der Waals surface area contributed by atoms with Crippen LogP contribution in [0.25, 0.3) is 11.6 Å². The molecule has 0 amide bonds. The third-order valence-electron chi connectivity index (χ3n) is 2.57. The minimum Gasteiger partial charge on any atom is -0.320 e. The molecule has 0 radical (unpaired) electrons. The molecule has 0 saturated carbocycles. The molecule has 2 rings (SSSR count). The van der Waals surface area contributed by atoms with Crippen molar-refractivity contribution in [3.05, 3.63) is 57.8 Å². The predicted octanol–water partition coefficient (Wildman–Crippen LogP) is 3.11. The fourth-order valence-corrected chi connectivity index (χ4v) is 1.69. The third-order valence-corrected chi connectivity index (χ3v) is 2.57. The van der Waals surface area contributed by atoms with E-state index in [0.717, 1.165) is 11.1 Å². The van der Waals surface area contributed by atoms with Gasteiger partial charge < -0.3 is 4.40 Å². The van der Waals surface area contributed by atoms with Gasteiger partial charge in [0.05, 0.1) is 10.4 Å². The second-order valence-electron chi connectivity index (χ2n) is 3.66. The van der Waals surface area contributed by atoms with Crippen LogP contribution in [0.15, 0.2) is 36.3 Å². The zero-order chi connectivity index (χ0) is 12.4. The standard InChI is InChI=1S/C12H11FN2O2/c1-2-11(15(16)17)7-9-5-6-14-8-10(13)3-4-12(9)14/h3-8H,2H2,1H3. The third kappa shape index (κ3) is 2.18. The van der Waals surface area contributed by atoms with Gasteiger partial charge >= 0.3 is 0 Å². The van der Waals surface area contributed by atoms with Gasteiger partial charge in [-0.3, -0.25) is 10.1 Å². The van der Waals surface area contributed by atoms with E-state index in [2.05, 4.69) is 0 Å². The van der Waals surface area contributed by atoms with E-state index in [1.165, 1.54) is 18.3 Å². The summed E-state index contributed by atoms with van der Waals surface area (Å²) in [5.41, 5.74) is 1.61. The first-order valence-electron chi connectivity index (χ1n) is 5.23. The Balaban J connectivity index is 2.53. The van der Waals surface area contributed by atoms with Gasteiger partial charge in [-0.25, -0.2) is 4.39 Å². The minimum atomic E-state index is -0.396. The van der Waals surface area contributed by atoms with E-state index in [-0.39, 0.29) is 11.5 Å². The lowest BCUT2D eigenvalue weighted by atomic mass is 10.2. The zero-order valence-electron chi connectivity index (χ0n) is 9.26. The molecule has 0 aliphatic rings. The number of aromatic nitrogens is 1. The maximum absolute atomic E-state index is 13.0. The van der Waals surface area contributed by atoms with Crippen molar-refractivity contribution in [2.75, 3.05) is 0 Å². The molecule has 0 atom stereocenters. The highest BCUT2D eigenvalue weighted by molar-refractivity contribution is 5.70. The summed E-state index contributed by atoms with van der Waals surface area (Å²) in [6, 6.07) is 4.67. The Labute approximate surface area is 97.1 Å². The van der Waals surface area contributed by atoms with Crippen LogP contribution in [0.4, 0.5) is 4.39 Å². The van der Waals surface area contributed by atoms with Gasteiger partial charge in [-0.15, -0.1) is 0 Å². The van der Waals surface area contributed by atoms with Gasteiger partial charge in [0.15, 0.2) is 0 Å². The van der Waals surface area contributed by atoms with Crippen molar-refractivity contribution in [1.82, 2.24) is 4.40 Å². The number of allylic oxidation sites excluding steroid dienone is 1. The van der Waals surface area contributed by atoms with Crippen LogP contribution in [-0.2, 0) is 0 Å². The van der Waals surface area contributed by atoms with Crippen LogP contribution >= 0.6 is 0 Å². The lowest BCUT2D eigenvalue weighted by molar-refractivity contribution is -0.425. The Kier molecular flexibility index (Phi) is 2.91. The van der Waals surface area contributed by atoms with E-state index in [0.29, 0.717) is 6.42 Å². The Bertz CT molecular complexity index is 602. The second-order valence-corrected chi connectivity index (χ2v) is 3.66. The molecule has 0 bridgehead atoms. The normalized spacial score (nSPS) is 12.0. The largest absolute Gasteiger partial charge is 0.320 e. The summed E-state index contributed by atoms with van der Waals surface area (Å²) >= 11 is 0. The van der Waals surface area contributed by atoms with Gasteiger partial charge in [-0.05, 0) is 18.2 Å². The van der Waals surface area contributed by atoms with Crippen molar-refractivity contribution in [1.29, 1.82) is 0 Å². The first-order valence-corrected chi connectivity index (χ1v) is 5.23. The molecule has 5 heteroatoms. The molecule has 2 aromatic rings. The lowest BCUT2D eigenvalue weighted by Crippen LogP contribution is -1.96. The molecular weight excluding hydrogens is 223 g/mol. The highest BCUT2D eigenvalue weighted by Crippen LogP contribution is 2.18. The first kappa shape index (κ1) is 11.3. The van der Waals surface area contributed by atoms with Crippen molar-refractivity contribution in [3.8, 4) is 0 Å². The van der Waals surface area contributed by atoms with Crippen molar-refractivity contribution in [2.24, 2.45) is 0 Å². The van der Waals surface area contributed by atoms with Gasteiger partial charge in [-0.1, -0.05) is 6.92 Å². The summed E-state index contributed by atoms with van der Waals surface area (Å²) in [6.45, 7) is 1.73. The molecule has 2 heterocycles. The second kappa shape index (κ2) is 4.37. The van der Waals surface area contributed by atoms with Crippen molar-refractivity contribution in [2.45, 2.75) is 13.3 Å². The van der Waals surface area contributed by atoms with Crippen molar-refractivity contribution >= 4 is 11.6 Å².